The summed E-state index contributed by atoms with van der Waals surface area (Å²) in [5.41, 5.74) is -0.645. The molecule has 0 aliphatic carbocycles. The standard InChI is InChI=1S/C9H10N2O5/c1-16-8(14)4-10-9(15)5-2-6(12)11-7(13)3-5/h2-3H,4H2,1H3,(H,10,15)(H2,11,12,13). The molecular weight excluding hydrogens is 216 g/mol. The zero-order valence-corrected chi connectivity index (χ0v) is 8.44. The van der Waals surface area contributed by atoms with E-state index in [4.69, 9.17) is 5.11 Å². The van der Waals surface area contributed by atoms with Crippen LogP contribution in [0.4, 0.5) is 0 Å². The Morgan fingerprint density at radius 3 is 2.75 bits per heavy atom. The third-order valence-electron chi connectivity index (χ3n) is 1.71. The topological polar surface area (TPSA) is 108 Å². The number of nitrogens with one attached hydrogen (secondary N) is 2. The Balaban J connectivity index is 2.73. The van der Waals surface area contributed by atoms with Crippen LogP contribution in [0.5, 0.6) is 5.88 Å². The Bertz CT molecular complexity index is 465. The summed E-state index contributed by atoms with van der Waals surface area (Å²) in [6.45, 7) is -0.303. The van der Waals surface area contributed by atoms with Crippen LogP contribution in [-0.2, 0) is 9.53 Å². The van der Waals surface area contributed by atoms with Gasteiger partial charge in [-0.05, 0) is 0 Å². The molecule has 0 aliphatic heterocycles. The smallest absolute Gasteiger partial charge is 0.325 e. The first-order valence-electron chi connectivity index (χ1n) is 4.31. The largest absolute Gasteiger partial charge is 0.494 e. The molecule has 1 aromatic heterocycles. The molecule has 3 N–H and O–H groups in total. The van der Waals surface area contributed by atoms with Crippen molar-refractivity contribution in [3.63, 3.8) is 0 Å². The Kier molecular flexibility index (Phi) is 3.65. The van der Waals surface area contributed by atoms with Crippen LogP contribution in [0.25, 0.3) is 0 Å². The lowest BCUT2D eigenvalue weighted by Gasteiger charge is -2.03. The van der Waals surface area contributed by atoms with Gasteiger partial charge in [0.1, 0.15) is 6.54 Å². The number of ether oxygens (including phenoxy) is 1. The minimum absolute atomic E-state index is 0.0369. The molecule has 1 heterocycles. The Labute approximate surface area is 90.1 Å². The molecule has 0 saturated heterocycles. The number of hydrogen-bond donors (Lipinski definition) is 3. The maximum absolute atomic E-state index is 11.4. The molecule has 0 aromatic carbocycles. The summed E-state index contributed by atoms with van der Waals surface area (Å²) in [6.07, 6.45) is 0. The lowest BCUT2D eigenvalue weighted by atomic mass is 10.2. The van der Waals surface area contributed by atoms with Gasteiger partial charge in [-0.15, -0.1) is 0 Å². The molecule has 0 bridgehead atoms. The average Bonchev–Trinajstić information content (AvgIpc) is 2.23. The van der Waals surface area contributed by atoms with E-state index in [2.05, 4.69) is 15.0 Å². The van der Waals surface area contributed by atoms with Crippen molar-refractivity contribution in [3.05, 3.63) is 28.0 Å². The van der Waals surface area contributed by atoms with Crippen LogP contribution in [0.2, 0.25) is 0 Å². The number of aromatic amines is 1. The number of methoxy groups -OCH3 is 1. The van der Waals surface area contributed by atoms with Crippen LogP contribution < -0.4 is 10.9 Å². The molecular formula is C9H10N2O5. The molecule has 0 saturated carbocycles. The molecule has 1 rings (SSSR count). The van der Waals surface area contributed by atoms with Crippen molar-refractivity contribution >= 4 is 11.9 Å². The molecule has 7 heteroatoms. The van der Waals surface area contributed by atoms with Gasteiger partial charge in [-0.25, -0.2) is 0 Å². The summed E-state index contributed by atoms with van der Waals surface area (Å²) >= 11 is 0. The highest BCUT2D eigenvalue weighted by Crippen LogP contribution is 2.03. The average molecular weight is 226 g/mol. The van der Waals surface area contributed by atoms with Gasteiger partial charge in [0.2, 0.25) is 0 Å². The number of aromatic hydroxyl groups is 1. The fraction of sp³-hybridized carbons (Fsp3) is 0.222. The Morgan fingerprint density at radius 1 is 1.50 bits per heavy atom. The second kappa shape index (κ2) is 4.96. The highest BCUT2D eigenvalue weighted by Gasteiger charge is 2.09. The van der Waals surface area contributed by atoms with Crippen molar-refractivity contribution in [1.82, 2.24) is 10.3 Å². The molecule has 0 unspecified atom stereocenters. The molecule has 16 heavy (non-hydrogen) atoms. The SMILES string of the molecule is COC(=O)CNC(=O)c1cc(O)[nH]c(=O)c1. The minimum atomic E-state index is -0.646. The van der Waals surface area contributed by atoms with E-state index in [1.54, 1.807) is 0 Å². The van der Waals surface area contributed by atoms with Gasteiger partial charge >= 0.3 is 5.97 Å². The van der Waals surface area contributed by atoms with Gasteiger partial charge in [0, 0.05) is 12.1 Å². The molecule has 1 aromatic rings. The lowest BCUT2D eigenvalue weighted by molar-refractivity contribution is -0.139. The molecule has 0 aliphatic rings. The molecule has 0 fully saturated rings. The van der Waals surface area contributed by atoms with E-state index in [1.807, 2.05) is 0 Å². The number of carbonyl (C=O) groups excluding carboxylic acids is 2. The highest BCUT2D eigenvalue weighted by atomic mass is 16.5. The number of hydrogen-bond acceptors (Lipinski definition) is 5. The first-order chi connectivity index (χ1) is 7.52. The predicted molar refractivity (Wildman–Crippen MR) is 53.1 cm³/mol. The maximum Gasteiger partial charge on any atom is 0.325 e. The molecule has 0 spiro atoms. The van der Waals surface area contributed by atoms with Crippen LogP contribution in [0.3, 0.4) is 0 Å². The number of carbonyl (C=O) groups is 2. The normalized spacial score (nSPS) is 9.56. The first-order valence-corrected chi connectivity index (χ1v) is 4.31. The second-order valence-corrected chi connectivity index (χ2v) is 2.88. The van der Waals surface area contributed by atoms with Crippen molar-refractivity contribution in [1.29, 1.82) is 0 Å². The van der Waals surface area contributed by atoms with Crippen molar-refractivity contribution in [2.24, 2.45) is 0 Å². The number of rotatable bonds is 3. The molecule has 0 radical (unpaired) electrons. The van der Waals surface area contributed by atoms with Crippen LogP contribution in [0.15, 0.2) is 16.9 Å². The summed E-state index contributed by atoms with van der Waals surface area (Å²) < 4.78 is 4.31. The van der Waals surface area contributed by atoms with E-state index in [9.17, 15) is 14.4 Å². The lowest BCUT2D eigenvalue weighted by Crippen LogP contribution is -2.30. The summed E-state index contributed by atoms with van der Waals surface area (Å²) in [4.78, 5) is 35.1. The fourth-order valence-electron chi connectivity index (χ4n) is 0.986. The third kappa shape index (κ3) is 3.12. The number of pyridine rings is 1. The van der Waals surface area contributed by atoms with Gasteiger partial charge in [0.15, 0.2) is 5.88 Å². The number of H-pyrrole nitrogens is 1. The van der Waals surface area contributed by atoms with Gasteiger partial charge in [0.25, 0.3) is 11.5 Å². The van der Waals surface area contributed by atoms with Crippen LogP contribution in [-0.4, -0.2) is 35.6 Å². The van der Waals surface area contributed by atoms with E-state index >= 15 is 0 Å². The van der Waals surface area contributed by atoms with Gasteiger partial charge in [-0.1, -0.05) is 0 Å². The van der Waals surface area contributed by atoms with Gasteiger partial charge in [-0.3, -0.25) is 19.4 Å². The summed E-state index contributed by atoms with van der Waals surface area (Å²) in [5.74, 6) is -1.68. The van der Waals surface area contributed by atoms with Crippen molar-refractivity contribution < 1.29 is 19.4 Å². The summed E-state index contributed by atoms with van der Waals surface area (Å²) in [6, 6.07) is 2.08. The Hall–Kier alpha value is -2.31. The predicted octanol–water partition coefficient (Wildman–Crippen LogP) is -1.02. The maximum atomic E-state index is 11.4. The highest BCUT2D eigenvalue weighted by molar-refractivity contribution is 5.96. The van der Waals surface area contributed by atoms with Gasteiger partial charge in [0.05, 0.1) is 12.7 Å². The van der Waals surface area contributed by atoms with Crippen LogP contribution in [0.1, 0.15) is 10.4 Å². The molecule has 0 atom stereocenters. The zero-order chi connectivity index (χ0) is 12.1. The summed E-state index contributed by atoms with van der Waals surface area (Å²) in [7, 11) is 1.19. The third-order valence-corrected chi connectivity index (χ3v) is 1.71. The number of amides is 1. The van der Waals surface area contributed by atoms with E-state index in [0.29, 0.717) is 0 Å². The molecule has 86 valence electrons. The van der Waals surface area contributed by atoms with Crippen LogP contribution >= 0.6 is 0 Å². The fourth-order valence-corrected chi connectivity index (χ4v) is 0.986. The van der Waals surface area contributed by atoms with E-state index < -0.39 is 23.3 Å². The molecule has 7 nitrogen and oxygen atoms in total. The van der Waals surface area contributed by atoms with Crippen molar-refractivity contribution in [3.8, 4) is 5.88 Å². The quantitative estimate of drug-likeness (QED) is 0.572. The molecule has 1 amide bonds. The first kappa shape index (κ1) is 11.8. The van der Waals surface area contributed by atoms with Gasteiger partial charge < -0.3 is 15.2 Å². The zero-order valence-electron chi connectivity index (χ0n) is 8.44. The van der Waals surface area contributed by atoms with E-state index in [1.165, 1.54) is 7.11 Å². The Morgan fingerprint density at radius 2 is 2.19 bits per heavy atom. The summed E-state index contributed by atoms with van der Waals surface area (Å²) in [5, 5.41) is 11.3. The van der Waals surface area contributed by atoms with E-state index in [0.717, 1.165) is 12.1 Å². The minimum Gasteiger partial charge on any atom is -0.494 e. The monoisotopic (exact) mass is 226 g/mol. The number of esters is 1. The van der Waals surface area contributed by atoms with Gasteiger partial charge in [-0.2, -0.15) is 0 Å². The number of aromatic nitrogens is 1. The van der Waals surface area contributed by atoms with Crippen molar-refractivity contribution in [2.45, 2.75) is 0 Å². The van der Waals surface area contributed by atoms with E-state index in [-0.39, 0.29) is 12.1 Å². The van der Waals surface area contributed by atoms with Crippen molar-refractivity contribution in [2.75, 3.05) is 13.7 Å². The second-order valence-electron chi connectivity index (χ2n) is 2.88. The van der Waals surface area contributed by atoms with Crippen LogP contribution in [0, 0.1) is 0 Å².